The van der Waals surface area contributed by atoms with Crippen LogP contribution in [0.15, 0.2) is 45.4 Å². The normalized spacial score (nSPS) is 18.6. The second-order valence-electron chi connectivity index (χ2n) is 11.8. The molecule has 2 atom stereocenters. The van der Waals surface area contributed by atoms with Crippen LogP contribution in [0.1, 0.15) is 54.2 Å². The van der Waals surface area contributed by atoms with Gasteiger partial charge in [-0.1, -0.05) is 24.2 Å². The first-order chi connectivity index (χ1) is 22.7. The fraction of sp³-hybridized carbons (Fsp3) is 0.424. The van der Waals surface area contributed by atoms with E-state index < -0.39 is 35.4 Å². The number of hydrogen-bond acceptors (Lipinski definition) is 7. The number of ether oxygens (including phenoxy) is 2. The van der Waals surface area contributed by atoms with E-state index in [0.717, 1.165) is 34.6 Å². The third-order valence-corrected chi connectivity index (χ3v) is 9.50. The van der Waals surface area contributed by atoms with Crippen molar-refractivity contribution in [2.24, 2.45) is 0 Å². The Labute approximate surface area is 292 Å². The number of nitrogens with one attached hydrogen (secondary N) is 1. The number of piperazine rings is 1. The summed E-state index contributed by atoms with van der Waals surface area (Å²) in [6.45, 7) is 8.08. The van der Waals surface area contributed by atoms with Crippen molar-refractivity contribution in [3.8, 4) is 5.75 Å². The van der Waals surface area contributed by atoms with Gasteiger partial charge in [-0.05, 0) is 73.0 Å². The number of methoxy groups -OCH3 is 1. The summed E-state index contributed by atoms with van der Waals surface area (Å²) in [7, 11) is 1.37. The third kappa shape index (κ3) is 7.30. The molecule has 1 saturated heterocycles. The van der Waals surface area contributed by atoms with E-state index in [1.54, 1.807) is 16.4 Å². The first kappa shape index (κ1) is 35.9. The summed E-state index contributed by atoms with van der Waals surface area (Å²) in [5.74, 6) is -1.92. The summed E-state index contributed by atoms with van der Waals surface area (Å²) >= 11 is 7.87. The number of anilines is 1. The minimum Gasteiger partial charge on any atom is -0.492 e. The molecule has 0 radical (unpaired) electrons. The molecule has 3 aromatic rings. The molecule has 0 unspecified atom stereocenters. The number of esters is 1. The molecule has 1 N–H and O–H groups in total. The minimum atomic E-state index is -4.71. The van der Waals surface area contributed by atoms with Crippen molar-refractivity contribution < 1.29 is 36.6 Å². The Morgan fingerprint density at radius 1 is 1.19 bits per heavy atom. The Balaban J connectivity index is 1.53. The highest BCUT2D eigenvalue weighted by Crippen LogP contribution is 2.44. The van der Waals surface area contributed by atoms with Crippen LogP contribution in [0.3, 0.4) is 0 Å². The molecule has 2 heterocycles. The standard InChI is InChI=1S/C33H34ClF4IN4O5/c1-5-48-27(44)16-42-17(2)13-41(15-26(42)18(3)39)29-25(35)11-22-28(31(29)47-4)43(21-8-9-21)14-23(30(22)45)32(46)40-12-19-6-7-20(34)10-24(19)33(36,37)38/h6-7,10-11,14,17,21,26H,3,5,8-9,12-13,15-16H2,1-2,4H3,(H,40,46)/t17-,26-/m0/s1. The molecule has 5 rings (SSSR count). The van der Waals surface area contributed by atoms with E-state index in [1.807, 2.05) is 11.8 Å². The number of carbonyl (C=O) groups excluding carboxylic acids is 2. The van der Waals surface area contributed by atoms with Crippen LogP contribution in [0.2, 0.25) is 5.02 Å². The summed E-state index contributed by atoms with van der Waals surface area (Å²) in [4.78, 5) is 43.2. The fourth-order valence-electron chi connectivity index (χ4n) is 6.17. The van der Waals surface area contributed by atoms with Gasteiger partial charge in [-0.3, -0.25) is 19.3 Å². The molecule has 48 heavy (non-hydrogen) atoms. The predicted octanol–water partition coefficient (Wildman–Crippen LogP) is 6.48. The molecular weight excluding hydrogens is 771 g/mol. The van der Waals surface area contributed by atoms with E-state index in [9.17, 15) is 27.6 Å². The van der Waals surface area contributed by atoms with E-state index in [-0.39, 0.29) is 76.8 Å². The zero-order valence-corrected chi connectivity index (χ0v) is 29.3. The number of pyridine rings is 1. The number of aromatic nitrogens is 1. The Morgan fingerprint density at radius 2 is 1.90 bits per heavy atom. The van der Waals surface area contributed by atoms with Crippen molar-refractivity contribution in [2.45, 2.75) is 57.5 Å². The molecule has 258 valence electrons. The first-order valence-corrected chi connectivity index (χ1v) is 16.7. The number of halogens is 6. The zero-order valence-electron chi connectivity index (χ0n) is 26.4. The Hall–Kier alpha value is -3.37. The van der Waals surface area contributed by atoms with E-state index >= 15 is 4.39 Å². The highest BCUT2D eigenvalue weighted by molar-refractivity contribution is 14.1. The molecule has 2 aromatic carbocycles. The van der Waals surface area contributed by atoms with Crippen LogP contribution >= 0.6 is 34.2 Å². The van der Waals surface area contributed by atoms with Gasteiger partial charge in [0.05, 0.1) is 42.8 Å². The van der Waals surface area contributed by atoms with Crippen LogP contribution in [-0.2, 0) is 22.3 Å². The number of carbonyl (C=O) groups is 2. The van der Waals surface area contributed by atoms with E-state index in [2.05, 4.69) is 34.5 Å². The molecule has 2 aliphatic rings. The summed E-state index contributed by atoms with van der Waals surface area (Å²) in [5.41, 5.74) is -1.93. The minimum absolute atomic E-state index is 0.0362. The monoisotopic (exact) mass is 804 g/mol. The molecule has 1 aliphatic carbocycles. The van der Waals surface area contributed by atoms with Crippen LogP contribution < -0.4 is 20.4 Å². The number of amides is 1. The Kier molecular flexibility index (Phi) is 10.7. The molecule has 1 amide bonds. The van der Waals surface area contributed by atoms with E-state index in [4.69, 9.17) is 21.1 Å². The molecule has 1 saturated carbocycles. The molecule has 15 heteroatoms. The lowest BCUT2D eigenvalue weighted by Gasteiger charge is -2.46. The molecule has 9 nitrogen and oxygen atoms in total. The molecule has 1 aliphatic heterocycles. The van der Waals surface area contributed by atoms with E-state index in [1.165, 1.54) is 19.4 Å². The molecular formula is C33H34ClF4IN4O5. The number of alkyl halides is 3. The smallest absolute Gasteiger partial charge is 0.416 e. The lowest BCUT2D eigenvalue weighted by atomic mass is 10.0. The van der Waals surface area contributed by atoms with Crippen molar-refractivity contribution in [1.29, 1.82) is 0 Å². The molecule has 1 aromatic heterocycles. The summed E-state index contributed by atoms with van der Waals surface area (Å²) < 4.78 is 70.5. The molecule has 2 fully saturated rings. The molecule has 0 spiro atoms. The van der Waals surface area contributed by atoms with Crippen molar-refractivity contribution >= 4 is 62.7 Å². The first-order valence-electron chi connectivity index (χ1n) is 15.3. The van der Waals surface area contributed by atoms with Gasteiger partial charge in [0, 0.05) is 46.5 Å². The quantitative estimate of drug-likeness (QED) is 0.143. The average Bonchev–Trinajstić information content (AvgIpc) is 3.86. The summed E-state index contributed by atoms with van der Waals surface area (Å²) in [6, 6.07) is 3.61. The Bertz CT molecular complexity index is 1830. The van der Waals surface area contributed by atoms with E-state index in [0.29, 0.717) is 12.1 Å². The van der Waals surface area contributed by atoms with Crippen LogP contribution in [0.4, 0.5) is 23.2 Å². The van der Waals surface area contributed by atoms with Gasteiger partial charge in [0.1, 0.15) is 11.3 Å². The van der Waals surface area contributed by atoms with Crippen LogP contribution in [-0.4, -0.2) is 66.8 Å². The average molecular weight is 805 g/mol. The van der Waals surface area contributed by atoms with Crippen molar-refractivity contribution in [2.75, 3.05) is 38.3 Å². The summed E-state index contributed by atoms with van der Waals surface area (Å²) in [5, 5.41) is 2.20. The number of fused-ring (bicyclic) bond motifs is 1. The number of rotatable bonds is 10. The lowest BCUT2D eigenvalue weighted by molar-refractivity contribution is -0.145. The summed E-state index contributed by atoms with van der Waals surface area (Å²) in [6.07, 6.45) is -1.89. The highest BCUT2D eigenvalue weighted by atomic mass is 127. The van der Waals surface area contributed by atoms with Crippen LogP contribution in [0.25, 0.3) is 10.9 Å². The molecule has 0 bridgehead atoms. The maximum atomic E-state index is 16.2. The third-order valence-electron chi connectivity index (χ3n) is 8.54. The maximum absolute atomic E-state index is 16.2. The lowest BCUT2D eigenvalue weighted by Crippen LogP contribution is -2.59. The van der Waals surface area contributed by atoms with Gasteiger partial charge in [0.25, 0.3) is 5.91 Å². The predicted molar refractivity (Wildman–Crippen MR) is 183 cm³/mol. The van der Waals surface area contributed by atoms with Crippen LogP contribution in [0, 0.1) is 5.82 Å². The number of hydrogen-bond donors (Lipinski definition) is 1. The van der Waals surface area contributed by atoms with Crippen molar-refractivity contribution in [1.82, 2.24) is 14.8 Å². The number of benzene rings is 2. The second-order valence-corrected chi connectivity index (χ2v) is 13.6. The van der Waals surface area contributed by atoms with Gasteiger partial charge in [-0.15, -0.1) is 0 Å². The van der Waals surface area contributed by atoms with Gasteiger partial charge in [-0.25, -0.2) is 4.39 Å². The van der Waals surface area contributed by atoms with Crippen molar-refractivity contribution in [3.63, 3.8) is 0 Å². The topological polar surface area (TPSA) is 93.1 Å². The zero-order chi connectivity index (χ0) is 35.1. The van der Waals surface area contributed by atoms with Gasteiger partial charge in [0.15, 0.2) is 11.6 Å². The highest BCUT2D eigenvalue weighted by Gasteiger charge is 2.38. The second kappa shape index (κ2) is 14.2. The van der Waals surface area contributed by atoms with Gasteiger partial charge < -0.3 is 24.3 Å². The number of nitrogens with zero attached hydrogens (tertiary/aromatic N) is 3. The largest absolute Gasteiger partial charge is 0.492 e. The van der Waals surface area contributed by atoms with Crippen LogP contribution in [0.5, 0.6) is 5.75 Å². The van der Waals surface area contributed by atoms with Gasteiger partial charge in [-0.2, -0.15) is 13.2 Å². The van der Waals surface area contributed by atoms with Gasteiger partial charge in [0.2, 0.25) is 5.43 Å². The van der Waals surface area contributed by atoms with Crippen molar-refractivity contribution in [3.05, 3.63) is 78.4 Å². The Morgan fingerprint density at radius 3 is 2.50 bits per heavy atom. The maximum Gasteiger partial charge on any atom is 0.416 e. The van der Waals surface area contributed by atoms with Gasteiger partial charge >= 0.3 is 12.1 Å². The fourth-order valence-corrected chi connectivity index (χ4v) is 6.90. The SMILES string of the molecule is C=C(I)[C@@H]1CN(c2c(F)cc3c(=O)c(C(=O)NCc4ccc(Cl)cc4C(F)(F)F)cn(C4CC4)c3c2OC)C[C@H](C)N1CC(=O)OCC.